The molecular weight excluding hydrogens is 564 g/mol. The van der Waals surface area contributed by atoms with Crippen molar-refractivity contribution in [2.45, 2.75) is 37.6 Å². The third-order valence-electron chi connectivity index (χ3n) is 8.36. The molecule has 12 heteroatoms. The van der Waals surface area contributed by atoms with Gasteiger partial charge in [-0.05, 0) is 84.5 Å². The van der Waals surface area contributed by atoms with Crippen LogP contribution >= 0.6 is 0 Å². The lowest BCUT2D eigenvalue weighted by Gasteiger charge is -2.16. The molecule has 0 unspecified atom stereocenters. The Bertz CT molecular complexity index is 2090. The quantitative estimate of drug-likeness (QED) is 0.286. The van der Waals surface area contributed by atoms with E-state index in [0.29, 0.717) is 46.2 Å². The Morgan fingerprint density at radius 1 is 1.00 bits per heavy atom. The number of nitrogen functional groups attached to an aromatic ring is 1. The summed E-state index contributed by atoms with van der Waals surface area (Å²) in [5.74, 6) is -1.67. The van der Waals surface area contributed by atoms with E-state index in [1.165, 1.54) is 12.3 Å². The summed E-state index contributed by atoms with van der Waals surface area (Å²) in [5.41, 5.74) is 11.7. The van der Waals surface area contributed by atoms with E-state index in [9.17, 15) is 13.6 Å². The van der Waals surface area contributed by atoms with Crippen LogP contribution in [0.3, 0.4) is 0 Å². The zero-order valence-corrected chi connectivity index (χ0v) is 23.3. The number of hydrogen-bond donors (Lipinski definition) is 2. The van der Waals surface area contributed by atoms with Gasteiger partial charge in [-0.25, -0.2) is 19.6 Å². The smallest absolute Gasteiger partial charge is 0.290 e. The van der Waals surface area contributed by atoms with Gasteiger partial charge in [0.25, 0.3) is 11.8 Å². The standard InChI is InChI=1S/C32H25F2N9O/c33-32(34)11-10-19-15-20(17-37-27(19)32)31(44)40-24-7-4-18-16-21(5-6-22(18)24)43-29(23-3-1-12-36-28(23)35)39-25-8-9-26(41-30(25)43)42-14-2-13-38-42/h1-3,5-6,8-9,12-17,24H,4,7,10-11H2,(H2,35,36)(H,40,44)/t24-/m0/s1. The number of imidazole rings is 1. The number of pyridine rings is 3. The maximum absolute atomic E-state index is 14.0. The van der Waals surface area contributed by atoms with Gasteiger partial charge in [0, 0.05) is 36.9 Å². The summed E-state index contributed by atoms with van der Waals surface area (Å²) >= 11 is 0. The second-order valence-corrected chi connectivity index (χ2v) is 11.1. The van der Waals surface area contributed by atoms with Crippen molar-refractivity contribution in [3.8, 4) is 22.9 Å². The first-order valence-electron chi connectivity index (χ1n) is 14.3. The molecule has 0 bridgehead atoms. The second kappa shape index (κ2) is 9.76. The summed E-state index contributed by atoms with van der Waals surface area (Å²) in [5, 5.41) is 7.40. The van der Waals surface area contributed by atoms with Gasteiger partial charge >= 0.3 is 0 Å². The van der Waals surface area contributed by atoms with Gasteiger partial charge in [-0.3, -0.25) is 14.3 Å². The molecule has 0 saturated carbocycles. The van der Waals surface area contributed by atoms with Crippen LogP contribution in [0.1, 0.15) is 51.6 Å². The molecule has 0 radical (unpaired) electrons. The Morgan fingerprint density at radius 3 is 2.75 bits per heavy atom. The van der Waals surface area contributed by atoms with E-state index in [1.54, 1.807) is 17.1 Å². The number of carbonyl (C=O) groups is 1. The Kier molecular flexibility index (Phi) is 5.80. The van der Waals surface area contributed by atoms with E-state index in [1.807, 2.05) is 53.2 Å². The number of alkyl halides is 2. The number of aryl methyl sites for hydroxylation is 2. The number of nitrogens with one attached hydrogen (secondary N) is 1. The summed E-state index contributed by atoms with van der Waals surface area (Å²) in [7, 11) is 0. The monoisotopic (exact) mass is 589 g/mol. The highest BCUT2D eigenvalue weighted by Crippen LogP contribution is 2.40. The van der Waals surface area contributed by atoms with Gasteiger partial charge in [-0.15, -0.1) is 0 Å². The van der Waals surface area contributed by atoms with Crippen molar-refractivity contribution in [2.24, 2.45) is 0 Å². The van der Waals surface area contributed by atoms with Crippen LogP contribution in [0.4, 0.5) is 14.6 Å². The van der Waals surface area contributed by atoms with Crippen molar-refractivity contribution in [1.82, 2.24) is 39.6 Å². The highest BCUT2D eigenvalue weighted by atomic mass is 19.3. The van der Waals surface area contributed by atoms with Crippen molar-refractivity contribution in [3.05, 3.63) is 107 Å². The SMILES string of the molecule is Nc1ncccc1-c1nc2ccc(-n3cccn3)nc2n1-c1ccc2c(c1)CC[C@@H]2NC(=O)c1cnc2c(c1)CCC2(F)F. The number of amides is 1. The minimum absolute atomic E-state index is 0.208. The van der Waals surface area contributed by atoms with Crippen molar-refractivity contribution in [2.75, 3.05) is 5.73 Å². The predicted octanol–water partition coefficient (Wildman–Crippen LogP) is 5.10. The molecule has 6 aromatic rings. The first-order valence-corrected chi connectivity index (χ1v) is 14.3. The molecule has 5 heterocycles. The molecule has 5 aromatic heterocycles. The topological polar surface area (TPSA) is 129 Å². The van der Waals surface area contributed by atoms with Crippen LogP contribution < -0.4 is 11.1 Å². The third kappa shape index (κ3) is 4.21. The van der Waals surface area contributed by atoms with Gasteiger partial charge < -0.3 is 11.1 Å². The van der Waals surface area contributed by atoms with Crippen LogP contribution in [0, 0.1) is 0 Å². The average molecular weight is 590 g/mol. The van der Waals surface area contributed by atoms with E-state index in [2.05, 4.69) is 26.4 Å². The fourth-order valence-electron chi connectivity index (χ4n) is 6.21. The number of fused-ring (bicyclic) bond motifs is 3. The Labute approximate surface area is 249 Å². The Hall–Kier alpha value is -5.52. The minimum atomic E-state index is -2.94. The molecule has 3 N–H and O–H groups in total. The van der Waals surface area contributed by atoms with Crippen LogP contribution in [0.5, 0.6) is 0 Å². The number of halogens is 2. The fraction of sp³-hybridized carbons (Fsp3) is 0.188. The first-order chi connectivity index (χ1) is 21.4. The van der Waals surface area contributed by atoms with E-state index in [4.69, 9.17) is 15.7 Å². The Morgan fingerprint density at radius 2 is 1.91 bits per heavy atom. The molecule has 1 aromatic carbocycles. The number of aromatic nitrogens is 7. The average Bonchev–Trinajstić information content (AvgIpc) is 3.83. The Balaban J connectivity index is 1.16. The summed E-state index contributed by atoms with van der Waals surface area (Å²) in [4.78, 5) is 31.2. The molecular formula is C32H25F2N9O. The number of rotatable bonds is 5. The molecule has 0 spiro atoms. The molecule has 0 saturated heterocycles. The number of benzene rings is 1. The molecule has 2 aliphatic carbocycles. The van der Waals surface area contributed by atoms with Crippen LogP contribution in [0.2, 0.25) is 0 Å². The third-order valence-corrected chi connectivity index (χ3v) is 8.36. The molecule has 8 rings (SSSR count). The van der Waals surface area contributed by atoms with E-state index in [-0.39, 0.29) is 36.0 Å². The predicted molar refractivity (Wildman–Crippen MR) is 159 cm³/mol. The molecule has 2 aliphatic rings. The largest absolute Gasteiger partial charge is 0.383 e. The molecule has 44 heavy (non-hydrogen) atoms. The van der Waals surface area contributed by atoms with Crippen molar-refractivity contribution in [3.63, 3.8) is 0 Å². The van der Waals surface area contributed by atoms with E-state index in [0.717, 1.165) is 23.2 Å². The van der Waals surface area contributed by atoms with E-state index >= 15 is 0 Å². The highest BCUT2D eigenvalue weighted by Gasteiger charge is 2.41. The van der Waals surface area contributed by atoms with Gasteiger partial charge in [0.15, 0.2) is 17.3 Å². The van der Waals surface area contributed by atoms with Crippen LogP contribution in [0.25, 0.3) is 34.1 Å². The molecule has 0 fully saturated rings. The summed E-state index contributed by atoms with van der Waals surface area (Å²) in [6, 6.07) is 16.7. The first kappa shape index (κ1) is 26.1. The van der Waals surface area contributed by atoms with Crippen molar-refractivity contribution in [1.29, 1.82) is 0 Å². The number of nitrogens with two attached hydrogens (primary N) is 1. The summed E-state index contributed by atoms with van der Waals surface area (Å²) < 4.78 is 31.7. The van der Waals surface area contributed by atoms with Crippen molar-refractivity contribution < 1.29 is 13.6 Å². The van der Waals surface area contributed by atoms with Gasteiger partial charge in [-0.2, -0.15) is 13.9 Å². The van der Waals surface area contributed by atoms with Gasteiger partial charge in [0.2, 0.25) is 0 Å². The fourth-order valence-corrected chi connectivity index (χ4v) is 6.21. The number of carbonyl (C=O) groups excluding carboxylic acids is 1. The molecule has 218 valence electrons. The molecule has 1 amide bonds. The number of anilines is 1. The maximum Gasteiger partial charge on any atom is 0.290 e. The van der Waals surface area contributed by atoms with Crippen LogP contribution in [0.15, 0.2) is 79.4 Å². The lowest BCUT2D eigenvalue weighted by molar-refractivity contribution is -0.00595. The minimum Gasteiger partial charge on any atom is -0.383 e. The normalized spacial score (nSPS) is 16.6. The summed E-state index contributed by atoms with van der Waals surface area (Å²) in [6.07, 6.45) is 7.78. The van der Waals surface area contributed by atoms with Crippen LogP contribution in [-0.2, 0) is 18.8 Å². The molecule has 1 atom stereocenters. The summed E-state index contributed by atoms with van der Waals surface area (Å²) in [6.45, 7) is 0. The number of nitrogens with zero attached hydrogens (tertiary/aromatic N) is 7. The highest BCUT2D eigenvalue weighted by molar-refractivity contribution is 5.94. The molecule has 10 nitrogen and oxygen atoms in total. The van der Waals surface area contributed by atoms with Gasteiger partial charge in [-0.1, -0.05) is 6.07 Å². The lowest BCUT2D eigenvalue weighted by Crippen LogP contribution is -2.27. The molecule has 0 aliphatic heterocycles. The van der Waals surface area contributed by atoms with Crippen LogP contribution in [-0.4, -0.2) is 40.2 Å². The lowest BCUT2D eigenvalue weighted by atomic mass is 10.1. The van der Waals surface area contributed by atoms with Gasteiger partial charge in [0.05, 0.1) is 17.2 Å². The second-order valence-electron chi connectivity index (χ2n) is 11.1. The van der Waals surface area contributed by atoms with Crippen molar-refractivity contribution >= 4 is 22.9 Å². The maximum atomic E-state index is 14.0. The number of hydrogen-bond acceptors (Lipinski definition) is 7. The zero-order chi connectivity index (χ0) is 30.0. The van der Waals surface area contributed by atoms with E-state index < -0.39 is 5.92 Å². The van der Waals surface area contributed by atoms with Gasteiger partial charge in [0.1, 0.15) is 17.0 Å². The zero-order valence-electron chi connectivity index (χ0n) is 23.3.